The summed E-state index contributed by atoms with van der Waals surface area (Å²) in [5, 5.41) is 11.1. The van der Waals surface area contributed by atoms with Crippen LogP contribution < -0.4 is 11.3 Å². The maximum atomic E-state index is 8.28. The largest absolute Gasteiger partial charge is 0.411 e. The molecule has 0 radical (unpaired) electrons. The molecule has 0 fully saturated rings. The molecule has 1 aromatic rings. The second kappa shape index (κ2) is 4.98. The van der Waals surface area contributed by atoms with Gasteiger partial charge in [0.25, 0.3) is 0 Å². The van der Waals surface area contributed by atoms with Crippen molar-refractivity contribution in [2.24, 2.45) is 16.0 Å². The van der Waals surface area contributed by atoms with Crippen molar-refractivity contribution in [2.75, 3.05) is 0 Å². The van der Waals surface area contributed by atoms with Crippen LogP contribution in [-0.2, 0) is 0 Å². The summed E-state index contributed by atoms with van der Waals surface area (Å²) in [7, 11) is 0. The number of oxime groups is 1. The van der Waals surface area contributed by atoms with Crippen LogP contribution in [0.1, 0.15) is 5.56 Å². The van der Waals surface area contributed by atoms with Crippen molar-refractivity contribution in [1.82, 2.24) is 5.43 Å². The van der Waals surface area contributed by atoms with Crippen molar-refractivity contribution in [3.63, 3.8) is 0 Å². The molecule has 0 aromatic heterocycles. The van der Waals surface area contributed by atoms with Gasteiger partial charge in [-0.1, -0.05) is 22.9 Å². The summed E-state index contributed by atoms with van der Waals surface area (Å²) in [5.41, 5.74) is 4.20. The van der Waals surface area contributed by atoms with Crippen LogP contribution in [-0.4, -0.2) is 17.3 Å². The first kappa shape index (κ1) is 10.2. The van der Waals surface area contributed by atoms with Gasteiger partial charge in [0.15, 0.2) is 5.84 Å². The zero-order chi connectivity index (χ0) is 10.4. The fourth-order valence-corrected chi connectivity index (χ4v) is 0.911. The Balaban J connectivity index is 2.89. The van der Waals surface area contributed by atoms with Gasteiger partial charge in [0.2, 0.25) is 0 Å². The van der Waals surface area contributed by atoms with Crippen molar-refractivity contribution in [3.05, 3.63) is 29.8 Å². The Hall–Kier alpha value is -1.88. The normalized spacial score (nSPS) is 12.0. The minimum absolute atomic E-state index is 0.288. The third-order valence-electron chi connectivity index (χ3n) is 1.61. The summed E-state index contributed by atoms with van der Waals surface area (Å²) in [6, 6.07) is 7.56. The Morgan fingerprint density at radius 2 is 2.07 bits per heavy atom. The third kappa shape index (κ3) is 2.87. The predicted molar refractivity (Wildman–Crippen MR) is 55.9 cm³/mol. The summed E-state index contributed by atoms with van der Waals surface area (Å²) in [6.45, 7) is 1.99. The minimum Gasteiger partial charge on any atom is -0.411 e. The van der Waals surface area contributed by atoms with Crippen molar-refractivity contribution in [1.29, 1.82) is 0 Å². The molecule has 0 heterocycles. The number of hydrogen-bond donors (Lipinski definition) is 3. The number of nitrogens with two attached hydrogens (primary N) is 1. The Morgan fingerprint density at radius 3 is 2.57 bits per heavy atom. The first-order valence-electron chi connectivity index (χ1n) is 4.05. The molecule has 0 atom stereocenters. The van der Waals surface area contributed by atoms with E-state index in [2.05, 4.69) is 15.6 Å². The van der Waals surface area contributed by atoms with E-state index in [0.717, 1.165) is 17.5 Å². The van der Waals surface area contributed by atoms with Crippen LogP contribution in [0.15, 0.2) is 34.4 Å². The Kier molecular flexibility index (Phi) is 3.63. The fourth-order valence-electron chi connectivity index (χ4n) is 0.911. The van der Waals surface area contributed by atoms with Gasteiger partial charge >= 0.3 is 0 Å². The van der Waals surface area contributed by atoms with E-state index in [-0.39, 0.29) is 5.84 Å². The van der Waals surface area contributed by atoms with Gasteiger partial charge in [-0.25, -0.2) is 10.8 Å². The van der Waals surface area contributed by atoms with Crippen LogP contribution in [0.5, 0.6) is 0 Å². The Labute approximate surface area is 81.9 Å². The van der Waals surface area contributed by atoms with Crippen LogP contribution in [0.3, 0.4) is 0 Å². The average Bonchev–Trinajstić information content (AvgIpc) is 2.20. The maximum absolute atomic E-state index is 8.28. The molecular formula is C9H12N4O. The molecule has 0 aliphatic heterocycles. The highest BCUT2D eigenvalue weighted by Crippen LogP contribution is 2.11. The van der Waals surface area contributed by atoms with Crippen LogP contribution in [0.4, 0.5) is 5.69 Å². The highest BCUT2D eigenvalue weighted by Gasteiger charge is 1.93. The monoisotopic (exact) mass is 192 g/mol. The van der Waals surface area contributed by atoms with Crippen molar-refractivity contribution in [3.8, 4) is 0 Å². The van der Waals surface area contributed by atoms with Gasteiger partial charge in [-0.2, -0.15) is 0 Å². The Morgan fingerprint density at radius 1 is 1.43 bits per heavy atom. The number of hydrogen-bond acceptors (Lipinski definition) is 4. The number of rotatable bonds is 2. The quantitative estimate of drug-likeness (QED) is 0.214. The molecule has 5 heteroatoms. The zero-order valence-electron chi connectivity index (χ0n) is 7.81. The fraction of sp³-hybridized carbons (Fsp3) is 0.111. The molecule has 0 saturated heterocycles. The van der Waals surface area contributed by atoms with Crippen molar-refractivity contribution in [2.45, 2.75) is 6.92 Å². The number of nitrogens with one attached hydrogen (secondary N) is 1. The lowest BCUT2D eigenvalue weighted by Gasteiger charge is -1.99. The third-order valence-corrected chi connectivity index (χ3v) is 1.61. The molecule has 0 unspecified atom stereocenters. The summed E-state index contributed by atoms with van der Waals surface area (Å²) in [6.07, 6.45) is 1.12. The molecule has 1 rings (SSSR count). The van der Waals surface area contributed by atoms with Gasteiger partial charge in [0.05, 0.1) is 5.69 Å². The van der Waals surface area contributed by atoms with E-state index >= 15 is 0 Å². The van der Waals surface area contributed by atoms with E-state index < -0.39 is 0 Å². The molecule has 0 saturated carbocycles. The molecule has 0 spiro atoms. The summed E-state index contributed by atoms with van der Waals surface area (Å²) < 4.78 is 0. The van der Waals surface area contributed by atoms with E-state index in [0.29, 0.717) is 0 Å². The highest BCUT2D eigenvalue weighted by atomic mass is 16.4. The average molecular weight is 192 g/mol. The lowest BCUT2D eigenvalue weighted by Crippen LogP contribution is -2.31. The number of aryl methyl sites for hydroxylation is 1. The van der Waals surface area contributed by atoms with E-state index in [1.54, 1.807) is 0 Å². The Bertz CT molecular complexity index is 342. The molecule has 4 N–H and O–H groups in total. The lowest BCUT2D eigenvalue weighted by atomic mass is 10.2. The standard InChI is InChI=1S/C9H12N4O/c1-7-2-4-8(5-3-7)12-9(13-10)6-11-14/h2-6,14H,10H2,1H3,(H,12,13). The van der Waals surface area contributed by atoms with Gasteiger partial charge in [-0.3, -0.25) is 0 Å². The second-order valence-corrected chi connectivity index (χ2v) is 2.72. The van der Waals surface area contributed by atoms with E-state index in [1.165, 1.54) is 0 Å². The van der Waals surface area contributed by atoms with E-state index in [9.17, 15) is 0 Å². The number of hydrazine groups is 1. The minimum atomic E-state index is 0.288. The van der Waals surface area contributed by atoms with Crippen LogP contribution in [0, 0.1) is 6.92 Å². The molecular weight excluding hydrogens is 180 g/mol. The zero-order valence-corrected chi connectivity index (χ0v) is 7.81. The van der Waals surface area contributed by atoms with Crippen molar-refractivity contribution < 1.29 is 5.21 Å². The number of amidine groups is 1. The molecule has 14 heavy (non-hydrogen) atoms. The van der Waals surface area contributed by atoms with E-state index in [4.69, 9.17) is 11.0 Å². The van der Waals surface area contributed by atoms with Crippen LogP contribution in [0.2, 0.25) is 0 Å². The van der Waals surface area contributed by atoms with Gasteiger partial charge in [-0.05, 0) is 19.1 Å². The molecule has 0 amide bonds. The first-order chi connectivity index (χ1) is 6.76. The number of benzene rings is 1. The summed E-state index contributed by atoms with van der Waals surface area (Å²) in [4.78, 5) is 4.08. The van der Waals surface area contributed by atoms with Gasteiger partial charge in [0, 0.05) is 0 Å². The van der Waals surface area contributed by atoms with Gasteiger partial charge in [0.1, 0.15) is 6.21 Å². The summed E-state index contributed by atoms with van der Waals surface area (Å²) in [5.74, 6) is 5.44. The van der Waals surface area contributed by atoms with Crippen LogP contribution in [0.25, 0.3) is 0 Å². The topological polar surface area (TPSA) is 83.0 Å². The molecule has 74 valence electrons. The highest BCUT2D eigenvalue weighted by molar-refractivity contribution is 6.29. The number of aliphatic imine (C=N–C) groups is 1. The first-order valence-corrected chi connectivity index (χ1v) is 4.05. The smallest absolute Gasteiger partial charge is 0.162 e. The van der Waals surface area contributed by atoms with E-state index in [1.807, 2.05) is 31.2 Å². The van der Waals surface area contributed by atoms with Crippen LogP contribution >= 0.6 is 0 Å². The number of nitrogens with zero attached hydrogens (tertiary/aromatic N) is 2. The SMILES string of the molecule is Cc1ccc(N=C(C=NO)NN)cc1. The van der Waals surface area contributed by atoms with Crippen molar-refractivity contribution >= 4 is 17.7 Å². The second-order valence-electron chi connectivity index (χ2n) is 2.72. The lowest BCUT2D eigenvalue weighted by molar-refractivity contribution is 0.322. The summed E-state index contributed by atoms with van der Waals surface area (Å²) >= 11 is 0. The molecule has 0 aliphatic carbocycles. The molecule has 0 aliphatic rings. The molecule has 1 aromatic carbocycles. The maximum Gasteiger partial charge on any atom is 0.162 e. The molecule has 5 nitrogen and oxygen atoms in total. The van der Waals surface area contributed by atoms with Gasteiger partial charge in [-0.15, -0.1) is 0 Å². The predicted octanol–water partition coefficient (Wildman–Crippen LogP) is 0.948. The molecule has 0 bridgehead atoms. The van der Waals surface area contributed by atoms with Gasteiger partial charge < -0.3 is 10.6 Å².